The SMILES string of the molecule is CO[C@H](C(=O)NCc1ccc(C#N)cc1)c1ccc(B2OC(C)(C)C(C)(C)O2)cc1F. The van der Waals surface area contributed by atoms with Crippen LogP contribution in [0.15, 0.2) is 42.5 Å². The van der Waals surface area contributed by atoms with E-state index in [-0.39, 0.29) is 12.1 Å². The third kappa shape index (κ3) is 4.80. The Labute approximate surface area is 182 Å². The predicted molar refractivity (Wildman–Crippen MR) is 115 cm³/mol. The number of halogens is 1. The van der Waals surface area contributed by atoms with Crippen LogP contribution in [0.2, 0.25) is 0 Å². The molecule has 1 atom stereocenters. The normalized spacial score (nSPS) is 17.8. The van der Waals surface area contributed by atoms with Gasteiger partial charge in [-0.25, -0.2) is 4.39 Å². The average molecular weight is 424 g/mol. The number of hydrogen-bond acceptors (Lipinski definition) is 5. The highest BCUT2D eigenvalue weighted by molar-refractivity contribution is 6.62. The lowest BCUT2D eigenvalue weighted by Gasteiger charge is -2.32. The molecule has 162 valence electrons. The van der Waals surface area contributed by atoms with E-state index in [9.17, 15) is 9.18 Å². The van der Waals surface area contributed by atoms with Crippen LogP contribution in [0, 0.1) is 17.1 Å². The number of benzene rings is 2. The Hall–Kier alpha value is -2.73. The summed E-state index contributed by atoms with van der Waals surface area (Å²) in [5, 5.41) is 11.6. The van der Waals surface area contributed by atoms with Gasteiger partial charge >= 0.3 is 7.12 Å². The largest absolute Gasteiger partial charge is 0.494 e. The number of ether oxygens (including phenoxy) is 1. The summed E-state index contributed by atoms with van der Waals surface area (Å²) in [4.78, 5) is 12.6. The van der Waals surface area contributed by atoms with E-state index in [0.29, 0.717) is 11.0 Å². The van der Waals surface area contributed by atoms with Crippen molar-refractivity contribution in [3.05, 3.63) is 65.0 Å². The number of amides is 1. The second-order valence-electron chi connectivity index (χ2n) is 8.51. The van der Waals surface area contributed by atoms with E-state index in [4.69, 9.17) is 19.3 Å². The van der Waals surface area contributed by atoms with Crippen LogP contribution in [-0.4, -0.2) is 31.3 Å². The maximum atomic E-state index is 14.9. The van der Waals surface area contributed by atoms with Gasteiger partial charge in [-0.05, 0) is 56.9 Å². The molecule has 1 saturated heterocycles. The third-order valence-electron chi connectivity index (χ3n) is 5.86. The van der Waals surface area contributed by atoms with Gasteiger partial charge < -0.3 is 19.4 Å². The van der Waals surface area contributed by atoms with E-state index in [1.807, 2.05) is 33.8 Å². The Bertz CT molecular complexity index is 986. The number of carbonyl (C=O) groups excluding carboxylic acids is 1. The minimum absolute atomic E-state index is 0.125. The van der Waals surface area contributed by atoms with Crippen molar-refractivity contribution in [1.29, 1.82) is 5.26 Å². The molecule has 3 rings (SSSR count). The molecule has 1 aliphatic rings. The zero-order chi connectivity index (χ0) is 22.8. The molecule has 0 bridgehead atoms. The molecule has 0 spiro atoms. The average Bonchev–Trinajstić information content (AvgIpc) is 2.95. The summed E-state index contributed by atoms with van der Waals surface area (Å²) < 4.78 is 32.1. The van der Waals surface area contributed by atoms with Crippen LogP contribution in [0.5, 0.6) is 0 Å². The maximum Gasteiger partial charge on any atom is 0.494 e. The number of rotatable bonds is 6. The van der Waals surface area contributed by atoms with E-state index < -0.39 is 36.1 Å². The molecule has 0 unspecified atom stereocenters. The molecular weight excluding hydrogens is 398 g/mol. The summed E-state index contributed by atoms with van der Waals surface area (Å²) in [6.45, 7) is 7.94. The Kier molecular flexibility index (Phi) is 6.51. The van der Waals surface area contributed by atoms with Crippen molar-refractivity contribution >= 4 is 18.5 Å². The van der Waals surface area contributed by atoms with Crippen LogP contribution in [0.4, 0.5) is 4.39 Å². The van der Waals surface area contributed by atoms with Crippen molar-refractivity contribution in [2.24, 2.45) is 0 Å². The quantitative estimate of drug-likeness (QED) is 0.722. The van der Waals surface area contributed by atoms with E-state index in [2.05, 4.69) is 5.32 Å². The number of nitrogens with one attached hydrogen (secondary N) is 1. The van der Waals surface area contributed by atoms with Gasteiger partial charge in [-0.15, -0.1) is 0 Å². The Morgan fingerprint density at radius 1 is 1.16 bits per heavy atom. The van der Waals surface area contributed by atoms with Crippen LogP contribution in [0.25, 0.3) is 0 Å². The number of nitriles is 1. The Morgan fingerprint density at radius 3 is 2.29 bits per heavy atom. The molecule has 8 heteroatoms. The number of hydrogen-bond donors (Lipinski definition) is 1. The number of methoxy groups -OCH3 is 1. The first-order chi connectivity index (χ1) is 14.6. The molecule has 0 aliphatic carbocycles. The van der Waals surface area contributed by atoms with Crippen molar-refractivity contribution in [3.8, 4) is 6.07 Å². The highest BCUT2D eigenvalue weighted by Gasteiger charge is 2.51. The molecule has 31 heavy (non-hydrogen) atoms. The van der Waals surface area contributed by atoms with Crippen molar-refractivity contribution < 1.29 is 23.2 Å². The summed E-state index contributed by atoms with van der Waals surface area (Å²) in [6.07, 6.45) is -1.11. The first kappa shape index (κ1) is 22.9. The Morgan fingerprint density at radius 2 is 1.77 bits per heavy atom. The lowest BCUT2D eigenvalue weighted by molar-refractivity contribution is -0.131. The fourth-order valence-electron chi connectivity index (χ4n) is 3.24. The first-order valence-corrected chi connectivity index (χ1v) is 10.0. The van der Waals surface area contributed by atoms with Crippen molar-refractivity contribution in [1.82, 2.24) is 5.32 Å². The van der Waals surface area contributed by atoms with Gasteiger partial charge in [-0.2, -0.15) is 5.26 Å². The lowest BCUT2D eigenvalue weighted by Crippen LogP contribution is -2.41. The highest BCUT2D eigenvalue weighted by atomic mass is 19.1. The molecule has 2 aromatic rings. The fourth-order valence-corrected chi connectivity index (χ4v) is 3.24. The summed E-state index contributed by atoms with van der Waals surface area (Å²) in [5.74, 6) is -1.04. The van der Waals surface area contributed by atoms with E-state index in [0.717, 1.165) is 5.56 Å². The molecule has 0 aromatic heterocycles. The molecule has 6 nitrogen and oxygen atoms in total. The monoisotopic (exact) mass is 424 g/mol. The lowest BCUT2D eigenvalue weighted by atomic mass is 9.78. The molecule has 0 radical (unpaired) electrons. The molecule has 1 aliphatic heterocycles. The third-order valence-corrected chi connectivity index (χ3v) is 5.86. The molecule has 1 fully saturated rings. The van der Waals surface area contributed by atoms with Gasteiger partial charge in [0.1, 0.15) is 5.82 Å². The van der Waals surface area contributed by atoms with Crippen molar-refractivity contribution in [2.75, 3.05) is 7.11 Å². The van der Waals surface area contributed by atoms with E-state index in [1.165, 1.54) is 19.2 Å². The predicted octanol–water partition coefficient (Wildman–Crippen LogP) is 3.00. The van der Waals surface area contributed by atoms with Gasteiger partial charge in [-0.1, -0.05) is 24.3 Å². The summed E-state index contributed by atoms with van der Waals surface area (Å²) in [5.41, 5.74) is 0.945. The number of nitrogens with zero attached hydrogens (tertiary/aromatic N) is 1. The molecule has 1 heterocycles. The van der Waals surface area contributed by atoms with Gasteiger partial charge in [0.25, 0.3) is 5.91 Å². The summed E-state index contributed by atoms with van der Waals surface area (Å²) in [7, 11) is 0.660. The second kappa shape index (κ2) is 8.79. The van der Waals surface area contributed by atoms with Gasteiger partial charge in [0.05, 0.1) is 22.8 Å². The number of carbonyl (C=O) groups is 1. The molecule has 2 aromatic carbocycles. The second-order valence-corrected chi connectivity index (χ2v) is 8.51. The first-order valence-electron chi connectivity index (χ1n) is 10.0. The van der Waals surface area contributed by atoms with Gasteiger partial charge in [0.2, 0.25) is 0 Å². The highest BCUT2D eigenvalue weighted by Crippen LogP contribution is 2.36. The van der Waals surface area contributed by atoms with Gasteiger partial charge in [0, 0.05) is 19.2 Å². The van der Waals surface area contributed by atoms with E-state index >= 15 is 0 Å². The zero-order valence-corrected chi connectivity index (χ0v) is 18.4. The van der Waals surface area contributed by atoms with Crippen LogP contribution in [-0.2, 0) is 25.4 Å². The van der Waals surface area contributed by atoms with Crippen molar-refractivity contribution in [3.63, 3.8) is 0 Å². The van der Waals surface area contributed by atoms with Gasteiger partial charge in [0.15, 0.2) is 6.10 Å². The zero-order valence-electron chi connectivity index (χ0n) is 18.4. The molecule has 1 N–H and O–H groups in total. The molecule has 0 saturated carbocycles. The molecular formula is C23H26BFN2O4. The van der Waals surface area contributed by atoms with Crippen LogP contribution < -0.4 is 10.8 Å². The minimum Gasteiger partial charge on any atom is -0.399 e. The Balaban J connectivity index is 1.71. The molecule has 1 amide bonds. The smallest absolute Gasteiger partial charge is 0.399 e. The summed E-state index contributed by atoms with van der Waals surface area (Å²) >= 11 is 0. The standard InChI is InChI=1S/C23H26BFN2O4/c1-22(2)23(3,4)31-24(30-22)17-10-11-18(19(25)12-17)20(29-5)21(28)27-14-16-8-6-15(13-26)7-9-16/h6-12,20H,14H2,1-5H3,(H,27,28)/t20-/m0/s1. The van der Waals surface area contributed by atoms with Crippen LogP contribution >= 0.6 is 0 Å². The van der Waals surface area contributed by atoms with Crippen LogP contribution in [0.3, 0.4) is 0 Å². The minimum atomic E-state index is -1.11. The topological polar surface area (TPSA) is 80.6 Å². The summed E-state index contributed by atoms with van der Waals surface area (Å²) in [6, 6.07) is 13.4. The fraction of sp³-hybridized carbons (Fsp3) is 0.391. The van der Waals surface area contributed by atoms with Crippen LogP contribution in [0.1, 0.15) is 50.5 Å². The van der Waals surface area contributed by atoms with Gasteiger partial charge in [-0.3, -0.25) is 4.79 Å². The van der Waals surface area contributed by atoms with E-state index in [1.54, 1.807) is 30.3 Å². The maximum absolute atomic E-state index is 14.9. The van der Waals surface area contributed by atoms with Crippen molar-refractivity contribution in [2.45, 2.75) is 51.5 Å².